The second kappa shape index (κ2) is 6.10. The zero-order chi connectivity index (χ0) is 20.4. The lowest BCUT2D eigenvalue weighted by molar-refractivity contribution is -0.369. The van der Waals surface area contributed by atoms with E-state index in [2.05, 4.69) is 9.84 Å². The summed E-state index contributed by atoms with van der Waals surface area (Å²) in [5.41, 5.74) is 2.24. The van der Waals surface area contributed by atoms with Crippen LogP contribution in [0.1, 0.15) is 16.8 Å². The molecule has 14 heteroatoms. The Bertz CT molecular complexity index is 985. The molecule has 0 atom stereocenters. The summed E-state index contributed by atoms with van der Waals surface area (Å²) in [6.45, 7) is 0. The normalized spacial score (nSPS) is 17.6. The molecule has 0 spiro atoms. The summed E-state index contributed by atoms with van der Waals surface area (Å²) in [6, 6.07) is 2.53. The van der Waals surface area contributed by atoms with Crippen molar-refractivity contribution in [3.63, 3.8) is 0 Å². The minimum absolute atomic E-state index is 0.310. The van der Waals surface area contributed by atoms with Gasteiger partial charge in [0.1, 0.15) is 11.9 Å². The molecule has 1 aromatic heterocycles. The summed E-state index contributed by atoms with van der Waals surface area (Å²) in [6.07, 6.45) is -8.64. The molecule has 27 heavy (non-hydrogen) atoms. The van der Waals surface area contributed by atoms with E-state index in [-0.39, 0.29) is 11.8 Å². The third-order valence-electron chi connectivity index (χ3n) is 3.40. The van der Waals surface area contributed by atoms with Gasteiger partial charge in [-0.2, -0.15) is 36.7 Å². The first-order chi connectivity index (χ1) is 12.3. The van der Waals surface area contributed by atoms with Crippen molar-refractivity contribution in [2.45, 2.75) is 21.8 Å². The van der Waals surface area contributed by atoms with Gasteiger partial charge in [0.25, 0.3) is 0 Å². The minimum Gasteiger partial charge on any atom is -0.383 e. The lowest BCUT2D eigenvalue weighted by Gasteiger charge is -2.12. The maximum absolute atomic E-state index is 13.8. The van der Waals surface area contributed by atoms with E-state index < -0.39 is 55.2 Å². The van der Waals surface area contributed by atoms with E-state index in [0.29, 0.717) is 16.8 Å². The topological polar surface area (TPSA) is 76.9 Å². The Morgan fingerprint density at radius 2 is 1.78 bits per heavy atom. The minimum atomic E-state index is -4.35. The van der Waals surface area contributed by atoms with Crippen molar-refractivity contribution in [3.8, 4) is 11.8 Å². The molecular weight excluding hydrogens is 445 g/mol. The predicted molar refractivity (Wildman–Crippen MR) is 83.2 cm³/mol. The van der Waals surface area contributed by atoms with Gasteiger partial charge in [-0.1, -0.05) is 11.6 Å². The van der Waals surface area contributed by atoms with E-state index in [1.54, 1.807) is 0 Å². The number of fused-ring (bicyclic) bond motifs is 1. The van der Waals surface area contributed by atoms with Gasteiger partial charge < -0.3 is 5.73 Å². The van der Waals surface area contributed by atoms with Crippen LogP contribution in [0, 0.1) is 11.3 Å². The Hall–Kier alpha value is -1.81. The van der Waals surface area contributed by atoms with Crippen molar-refractivity contribution in [2.24, 2.45) is 0 Å². The van der Waals surface area contributed by atoms with Crippen LogP contribution in [0.4, 0.5) is 32.2 Å². The van der Waals surface area contributed by atoms with Gasteiger partial charge in [-0.25, -0.2) is 9.42 Å². The highest BCUT2D eigenvalue weighted by Gasteiger charge is 2.57. The molecule has 2 N–H and O–H groups in total. The fourth-order valence-corrected chi connectivity index (χ4v) is 3.45. The first kappa shape index (κ1) is 19.9. The van der Waals surface area contributed by atoms with Gasteiger partial charge in [-0.3, -0.25) is 0 Å². The first-order valence-corrected chi connectivity index (χ1v) is 8.19. The Balaban J connectivity index is 2.21. The molecule has 0 fully saturated rings. The number of halogens is 8. The van der Waals surface area contributed by atoms with E-state index in [1.165, 1.54) is 6.07 Å². The van der Waals surface area contributed by atoms with Crippen LogP contribution in [0.5, 0.6) is 0 Å². The molecule has 1 aliphatic rings. The third kappa shape index (κ3) is 3.40. The van der Waals surface area contributed by atoms with Gasteiger partial charge in [-0.05, 0) is 35.5 Å². The van der Waals surface area contributed by atoms with Gasteiger partial charge >= 0.3 is 16.9 Å². The standard InChI is InChI=1S/C13H4Cl2F6N4OS/c14-6-1-4-5(12(18,19)26-11(4,16)17)2-8(6)25-10(23)9(7(3-22)24-25)27-13(15,20)21/h1-2H,23H2. The number of nitrogens with zero attached hydrogens (tertiary/aromatic N) is 3. The Morgan fingerprint density at radius 1 is 1.22 bits per heavy atom. The molecule has 0 radical (unpaired) electrons. The van der Waals surface area contributed by atoms with Gasteiger partial charge in [0.05, 0.1) is 26.7 Å². The van der Waals surface area contributed by atoms with Crippen LogP contribution in [0.25, 0.3) is 5.69 Å². The molecule has 144 valence electrons. The monoisotopic (exact) mass is 448 g/mol. The molecule has 0 bridgehead atoms. The summed E-state index contributed by atoms with van der Waals surface area (Å²) in [4.78, 5) is -0.539. The molecule has 3 rings (SSSR count). The average Bonchev–Trinajstić information content (AvgIpc) is 2.89. The van der Waals surface area contributed by atoms with Crippen LogP contribution in [0.15, 0.2) is 17.0 Å². The highest BCUT2D eigenvalue weighted by molar-refractivity contribution is 8.01. The molecule has 0 saturated carbocycles. The zero-order valence-electron chi connectivity index (χ0n) is 12.4. The number of ether oxygens (including phenoxy) is 1. The molecule has 5 nitrogen and oxygen atoms in total. The number of alkyl halides is 7. The molecule has 2 heterocycles. The maximum Gasteiger partial charge on any atom is 0.388 e. The molecule has 0 unspecified atom stereocenters. The number of nitriles is 1. The van der Waals surface area contributed by atoms with Crippen LogP contribution in [-0.4, -0.2) is 14.5 Å². The number of hydrogen-bond acceptors (Lipinski definition) is 5. The number of aromatic nitrogens is 2. The number of benzene rings is 1. The molecule has 1 aliphatic heterocycles. The summed E-state index contributed by atoms with van der Waals surface area (Å²) in [5.74, 6) is -0.576. The third-order valence-corrected chi connectivity index (χ3v) is 4.77. The average molecular weight is 449 g/mol. The number of nitrogens with two attached hydrogens (primary N) is 1. The van der Waals surface area contributed by atoms with E-state index in [0.717, 1.165) is 0 Å². The van der Waals surface area contributed by atoms with E-state index in [9.17, 15) is 26.3 Å². The Kier molecular flexibility index (Phi) is 4.50. The first-order valence-electron chi connectivity index (χ1n) is 6.62. The summed E-state index contributed by atoms with van der Waals surface area (Å²) < 4.78 is 81.0. The smallest absolute Gasteiger partial charge is 0.383 e. The number of rotatable bonds is 3. The number of nitrogen functional groups attached to an aromatic ring is 1. The SMILES string of the molecule is N#Cc1nn(-c2cc3c(cc2Cl)C(F)(F)OC3(F)F)c(N)c1SC(F)(F)Cl. The van der Waals surface area contributed by atoms with Gasteiger partial charge in [0.15, 0.2) is 5.69 Å². The second-order valence-electron chi connectivity index (χ2n) is 5.12. The predicted octanol–water partition coefficient (Wildman–Crippen LogP) is 4.99. The van der Waals surface area contributed by atoms with Crippen LogP contribution in [0.3, 0.4) is 0 Å². The molecule has 0 amide bonds. The summed E-state index contributed by atoms with van der Waals surface area (Å²) >= 11 is 10.4. The van der Waals surface area contributed by atoms with Crippen LogP contribution >= 0.6 is 35.0 Å². The molecule has 2 aromatic rings. The van der Waals surface area contributed by atoms with Crippen molar-refractivity contribution in [1.82, 2.24) is 9.78 Å². The second-order valence-corrected chi connectivity index (χ2v) is 7.35. The van der Waals surface area contributed by atoms with Gasteiger partial charge in [-0.15, -0.1) is 0 Å². The highest BCUT2D eigenvalue weighted by atomic mass is 35.5. The van der Waals surface area contributed by atoms with Crippen molar-refractivity contribution in [3.05, 3.63) is 34.0 Å². The van der Waals surface area contributed by atoms with E-state index in [4.69, 9.17) is 34.2 Å². The Labute approximate surface area is 160 Å². The quantitative estimate of drug-likeness (QED) is 0.406. The molecular formula is C13H4Cl2F6N4OS. The largest absolute Gasteiger partial charge is 0.388 e. The summed E-state index contributed by atoms with van der Waals surface area (Å²) in [7, 11) is 0. The van der Waals surface area contributed by atoms with Crippen molar-refractivity contribution < 1.29 is 31.1 Å². The number of anilines is 1. The van der Waals surface area contributed by atoms with Crippen LogP contribution in [0.2, 0.25) is 5.02 Å². The lowest BCUT2D eigenvalue weighted by atomic mass is 10.1. The number of thioether (sulfide) groups is 1. The molecule has 0 saturated heterocycles. The van der Waals surface area contributed by atoms with E-state index >= 15 is 0 Å². The van der Waals surface area contributed by atoms with E-state index in [1.807, 2.05) is 0 Å². The van der Waals surface area contributed by atoms with Crippen LogP contribution < -0.4 is 5.73 Å². The van der Waals surface area contributed by atoms with Gasteiger partial charge in [0, 0.05) is 0 Å². The summed E-state index contributed by atoms with van der Waals surface area (Å²) in [5, 5.41) is 12.1. The maximum atomic E-state index is 13.8. The lowest BCUT2D eigenvalue weighted by Crippen LogP contribution is -2.17. The highest BCUT2D eigenvalue weighted by Crippen LogP contribution is 2.52. The van der Waals surface area contributed by atoms with Crippen molar-refractivity contribution in [2.75, 3.05) is 5.73 Å². The zero-order valence-corrected chi connectivity index (χ0v) is 14.7. The Morgan fingerprint density at radius 3 is 2.30 bits per heavy atom. The van der Waals surface area contributed by atoms with Crippen molar-refractivity contribution in [1.29, 1.82) is 5.26 Å². The fraction of sp³-hybridized carbons (Fsp3) is 0.231. The number of hydrogen-bond donors (Lipinski definition) is 1. The van der Waals surface area contributed by atoms with Crippen molar-refractivity contribution >= 4 is 40.8 Å². The van der Waals surface area contributed by atoms with Gasteiger partial charge in [0.2, 0.25) is 0 Å². The van der Waals surface area contributed by atoms with Crippen LogP contribution in [-0.2, 0) is 17.0 Å². The fourth-order valence-electron chi connectivity index (χ4n) is 2.37. The molecule has 0 aliphatic carbocycles. The molecule has 1 aromatic carbocycles.